The van der Waals surface area contributed by atoms with E-state index in [1.54, 1.807) is 21.9 Å². The highest BCUT2D eigenvalue weighted by Crippen LogP contribution is 2.25. The SMILES string of the molecule is CCc1ccc(C(=O)N2CCN(C(=O)c3cnc(OCC(F)(F)F)c(Cl)c3)CC2)cc1. The fraction of sp³-hybridized carbons (Fsp3) is 0.381. The van der Waals surface area contributed by atoms with E-state index in [-0.39, 0.29) is 28.3 Å². The van der Waals surface area contributed by atoms with E-state index in [2.05, 4.69) is 9.72 Å². The van der Waals surface area contributed by atoms with Gasteiger partial charge in [0.25, 0.3) is 11.8 Å². The Morgan fingerprint density at radius 1 is 1.03 bits per heavy atom. The van der Waals surface area contributed by atoms with E-state index in [0.29, 0.717) is 31.7 Å². The van der Waals surface area contributed by atoms with Crippen molar-refractivity contribution in [2.45, 2.75) is 19.5 Å². The third-order valence-corrected chi connectivity index (χ3v) is 5.16. The second-order valence-electron chi connectivity index (χ2n) is 7.05. The zero-order valence-electron chi connectivity index (χ0n) is 16.8. The van der Waals surface area contributed by atoms with E-state index in [1.165, 1.54) is 6.07 Å². The molecule has 1 fully saturated rings. The number of ether oxygens (including phenoxy) is 1. The number of rotatable bonds is 5. The molecule has 0 bridgehead atoms. The maximum Gasteiger partial charge on any atom is 0.422 e. The van der Waals surface area contributed by atoms with Crippen molar-refractivity contribution < 1.29 is 27.5 Å². The van der Waals surface area contributed by atoms with Gasteiger partial charge in [-0.05, 0) is 30.2 Å². The second kappa shape index (κ2) is 9.55. The largest absolute Gasteiger partial charge is 0.467 e. The van der Waals surface area contributed by atoms with Crippen LogP contribution < -0.4 is 4.74 Å². The Morgan fingerprint density at radius 3 is 2.06 bits per heavy atom. The first-order valence-corrected chi connectivity index (χ1v) is 10.1. The summed E-state index contributed by atoms with van der Waals surface area (Å²) in [5.41, 5.74) is 1.88. The lowest BCUT2D eigenvalue weighted by atomic mass is 10.1. The van der Waals surface area contributed by atoms with Crippen LogP contribution in [0.1, 0.15) is 33.2 Å². The second-order valence-corrected chi connectivity index (χ2v) is 7.46. The zero-order chi connectivity index (χ0) is 22.6. The van der Waals surface area contributed by atoms with E-state index < -0.39 is 12.8 Å². The number of nitrogens with zero attached hydrogens (tertiary/aromatic N) is 3. The molecule has 31 heavy (non-hydrogen) atoms. The molecule has 1 aliphatic rings. The van der Waals surface area contributed by atoms with Crippen molar-refractivity contribution in [3.63, 3.8) is 0 Å². The van der Waals surface area contributed by atoms with Crippen molar-refractivity contribution in [2.24, 2.45) is 0 Å². The molecule has 166 valence electrons. The van der Waals surface area contributed by atoms with Gasteiger partial charge in [-0.25, -0.2) is 4.98 Å². The predicted octanol–water partition coefficient (Wildman–Crippen LogP) is 3.84. The molecule has 2 amide bonds. The predicted molar refractivity (Wildman–Crippen MR) is 108 cm³/mol. The molecule has 1 aromatic carbocycles. The summed E-state index contributed by atoms with van der Waals surface area (Å²) in [6, 6.07) is 8.68. The molecule has 3 rings (SSSR count). The average molecular weight is 456 g/mol. The maximum absolute atomic E-state index is 12.7. The van der Waals surface area contributed by atoms with Crippen LogP contribution in [0.5, 0.6) is 5.88 Å². The summed E-state index contributed by atoms with van der Waals surface area (Å²) in [5, 5.41) is -0.181. The van der Waals surface area contributed by atoms with Gasteiger partial charge in [-0.15, -0.1) is 0 Å². The summed E-state index contributed by atoms with van der Waals surface area (Å²) in [5.74, 6) is -0.846. The molecule has 0 aliphatic carbocycles. The first-order chi connectivity index (χ1) is 14.7. The average Bonchev–Trinajstić information content (AvgIpc) is 2.77. The van der Waals surface area contributed by atoms with E-state index in [4.69, 9.17) is 11.6 Å². The number of alkyl halides is 3. The summed E-state index contributed by atoms with van der Waals surface area (Å²) in [6.45, 7) is 1.90. The zero-order valence-corrected chi connectivity index (χ0v) is 17.5. The number of aromatic nitrogens is 1. The Bertz CT molecular complexity index is 943. The van der Waals surface area contributed by atoms with Crippen LogP contribution in [-0.2, 0) is 6.42 Å². The van der Waals surface area contributed by atoms with E-state index in [9.17, 15) is 22.8 Å². The Balaban J connectivity index is 1.58. The Labute approximate surface area is 182 Å². The van der Waals surface area contributed by atoms with Crippen LogP contribution in [-0.4, -0.2) is 65.6 Å². The van der Waals surface area contributed by atoms with Crippen LogP contribution in [0, 0.1) is 0 Å². The number of carbonyl (C=O) groups excluding carboxylic acids is 2. The Kier molecular flexibility index (Phi) is 7.04. The minimum absolute atomic E-state index is 0.0920. The fourth-order valence-corrected chi connectivity index (χ4v) is 3.38. The van der Waals surface area contributed by atoms with Gasteiger partial charge in [0.15, 0.2) is 6.61 Å². The highest BCUT2D eigenvalue weighted by Gasteiger charge is 2.30. The number of amides is 2. The maximum atomic E-state index is 12.7. The van der Waals surface area contributed by atoms with Crippen molar-refractivity contribution in [1.29, 1.82) is 0 Å². The van der Waals surface area contributed by atoms with Crippen LogP contribution >= 0.6 is 11.6 Å². The van der Waals surface area contributed by atoms with Crippen LogP contribution in [0.2, 0.25) is 5.02 Å². The van der Waals surface area contributed by atoms with Gasteiger partial charge in [-0.3, -0.25) is 9.59 Å². The van der Waals surface area contributed by atoms with Crippen LogP contribution in [0.3, 0.4) is 0 Å². The molecule has 0 spiro atoms. The van der Waals surface area contributed by atoms with Crippen molar-refractivity contribution in [3.05, 3.63) is 58.2 Å². The van der Waals surface area contributed by atoms with Gasteiger partial charge in [-0.2, -0.15) is 13.2 Å². The fourth-order valence-electron chi connectivity index (χ4n) is 3.16. The minimum Gasteiger partial charge on any atom is -0.467 e. The number of pyridine rings is 1. The number of benzene rings is 1. The first-order valence-electron chi connectivity index (χ1n) is 9.70. The summed E-state index contributed by atoms with van der Waals surface area (Å²) >= 11 is 5.92. The number of halogens is 4. The van der Waals surface area contributed by atoms with Crippen molar-refractivity contribution in [3.8, 4) is 5.88 Å². The molecule has 0 atom stereocenters. The Morgan fingerprint density at radius 2 is 1.58 bits per heavy atom. The van der Waals surface area contributed by atoms with Gasteiger partial charge in [0.05, 0.1) is 5.56 Å². The molecule has 1 saturated heterocycles. The summed E-state index contributed by atoms with van der Waals surface area (Å²) in [7, 11) is 0. The number of aryl methyl sites for hydroxylation is 1. The van der Waals surface area contributed by atoms with E-state index in [0.717, 1.165) is 18.2 Å². The van der Waals surface area contributed by atoms with Gasteiger partial charge in [0.2, 0.25) is 5.88 Å². The monoisotopic (exact) mass is 455 g/mol. The van der Waals surface area contributed by atoms with Crippen molar-refractivity contribution >= 4 is 23.4 Å². The quantitative estimate of drug-likeness (QED) is 0.687. The molecule has 0 N–H and O–H groups in total. The molecule has 6 nitrogen and oxygen atoms in total. The molecule has 0 unspecified atom stereocenters. The molecule has 0 saturated carbocycles. The molecular formula is C21H21ClF3N3O3. The minimum atomic E-state index is -4.52. The molecule has 2 heterocycles. The van der Waals surface area contributed by atoms with Crippen LogP contribution in [0.25, 0.3) is 0 Å². The lowest BCUT2D eigenvalue weighted by molar-refractivity contribution is -0.154. The summed E-state index contributed by atoms with van der Waals surface area (Å²) in [6.07, 6.45) is -2.50. The number of hydrogen-bond acceptors (Lipinski definition) is 4. The Hall–Kier alpha value is -2.81. The molecule has 1 aliphatic heterocycles. The van der Waals surface area contributed by atoms with Crippen molar-refractivity contribution in [2.75, 3.05) is 32.8 Å². The van der Waals surface area contributed by atoms with Gasteiger partial charge in [0.1, 0.15) is 5.02 Å². The number of piperazine rings is 1. The molecule has 10 heteroatoms. The normalized spacial score (nSPS) is 14.5. The van der Waals surface area contributed by atoms with Gasteiger partial charge in [-0.1, -0.05) is 30.7 Å². The van der Waals surface area contributed by atoms with Crippen LogP contribution in [0.15, 0.2) is 36.5 Å². The summed E-state index contributed by atoms with van der Waals surface area (Å²) < 4.78 is 41.4. The molecular weight excluding hydrogens is 435 g/mol. The van der Waals surface area contributed by atoms with Gasteiger partial charge in [0, 0.05) is 37.9 Å². The third kappa shape index (κ3) is 5.88. The highest BCUT2D eigenvalue weighted by molar-refractivity contribution is 6.32. The van der Waals surface area contributed by atoms with Gasteiger partial charge >= 0.3 is 6.18 Å². The molecule has 2 aromatic rings. The van der Waals surface area contributed by atoms with Crippen LogP contribution in [0.4, 0.5) is 13.2 Å². The topological polar surface area (TPSA) is 62.7 Å². The van der Waals surface area contributed by atoms with Gasteiger partial charge < -0.3 is 14.5 Å². The first kappa shape index (κ1) is 22.9. The van der Waals surface area contributed by atoms with E-state index in [1.807, 2.05) is 19.1 Å². The smallest absolute Gasteiger partial charge is 0.422 e. The molecule has 1 aromatic heterocycles. The summed E-state index contributed by atoms with van der Waals surface area (Å²) in [4.78, 5) is 32.3. The van der Waals surface area contributed by atoms with E-state index >= 15 is 0 Å². The molecule has 0 radical (unpaired) electrons. The third-order valence-electron chi connectivity index (χ3n) is 4.89. The lowest BCUT2D eigenvalue weighted by Gasteiger charge is -2.34. The van der Waals surface area contributed by atoms with Crippen molar-refractivity contribution in [1.82, 2.24) is 14.8 Å². The standard InChI is InChI=1S/C21H21ClF3N3O3/c1-2-14-3-5-15(6-4-14)19(29)27-7-9-28(10-8-27)20(30)16-11-17(22)18(26-12-16)31-13-21(23,24)25/h3-6,11-12H,2,7-10,13H2,1H3. The highest BCUT2D eigenvalue weighted by atomic mass is 35.5. The number of hydrogen-bond donors (Lipinski definition) is 0. The lowest BCUT2D eigenvalue weighted by Crippen LogP contribution is -2.50. The number of carbonyl (C=O) groups is 2.